The third-order valence-electron chi connectivity index (χ3n) is 2.25. The first-order chi connectivity index (χ1) is 8.25. The molecule has 0 aromatic heterocycles. The number of benzene rings is 1. The molecule has 0 heterocycles. The molecule has 94 valence electrons. The standard InChI is InChI=1S/C13H17BrFNO/c1-17-10-9-16-8-3-2-5-11-6-4-7-12(14)13(11)15/h2,4-7,16H,3,8-10H2,1H3/b5-2+. The highest BCUT2D eigenvalue weighted by Gasteiger charge is 2.01. The number of hydrogen-bond acceptors (Lipinski definition) is 2. The summed E-state index contributed by atoms with van der Waals surface area (Å²) in [5, 5.41) is 3.22. The summed E-state index contributed by atoms with van der Waals surface area (Å²) in [6, 6.07) is 5.28. The normalized spacial score (nSPS) is 11.2. The molecule has 0 aliphatic rings. The first-order valence-corrected chi connectivity index (χ1v) is 6.35. The van der Waals surface area contributed by atoms with Gasteiger partial charge in [0.1, 0.15) is 5.82 Å². The lowest BCUT2D eigenvalue weighted by Gasteiger charge is -2.01. The van der Waals surface area contributed by atoms with Crippen molar-refractivity contribution in [3.8, 4) is 0 Å². The topological polar surface area (TPSA) is 21.3 Å². The van der Waals surface area contributed by atoms with Crippen LogP contribution in [0.3, 0.4) is 0 Å². The van der Waals surface area contributed by atoms with Gasteiger partial charge in [-0.15, -0.1) is 0 Å². The van der Waals surface area contributed by atoms with Crippen LogP contribution in [0, 0.1) is 5.82 Å². The molecule has 4 heteroatoms. The Labute approximate surface area is 110 Å². The fourth-order valence-electron chi connectivity index (χ4n) is 1.34. The zero-order valence-corrected chi connectivity index (χ0v) is 11.5. The molecule has 1 rings (SSSR count). The van der Waals surface area contributed by atoms with E-state index in [-0.39, 0.29) is 5.82 Å². The second-order valence-electron chi connectivity index (χ2n) is 3.58. The van der Waals surface area contributed by atoms with E-state index in [1.165, 1.54) is 0 Å². The van der Waals surface area contributed by atoms with E-state index in [1.54, 1.807) is 25.3 Å². The Balaban J connectivity index is 2.31. The SMILES string of the molecule is COCCNCC/C=C/c1cccc(Br)c1F. The summed E-state index contributed by atoms with van der Waals surface area (Å²) in [4.78, 5) is 0. The predicted molar refractivity (Wildman–Crippen MR) is 72.5 cm³/mol. The first kappa shape index (κ1) is 14.4. The first-order valence-electron chi connectivity index (χ1n) is 5.56. The summed E-state index contributed by atoms with van der Waals surface area (Å²) in [5.41, 5.74) is 0.608. The minimum atomic E-state index is -0.212. The van der Waals surface area contributed by atoms with Crippen molar-refractivity contribution in [2.24, 2.45) is 0 Å². The average molecular weight is 302 g/mol. The summed E-state index contributed by atoms with van der Waals surface area (Å²) in [6.07, 6.45) is 4.64. The molecule has 0 saturated heterocycles. The third kappa shape index (κ3) is 5.44. The largest absolute Gasteiger partial charge is 0.383 e. The van der Waals surface area contributed by atoms with E-state index in [9.17, 15) is 4.39 Å². The van der Waals surface area contributed by atoms with Gasteiger partial charge in [-0.1, -0.05) is 24.3 Å². The molecule has 0 amide bonds. The molecule has 0 aliphatic heterocycles. The molecular weight excluding hydrogens is 285 g/mol. The second-order valence-corrected chi connectivity index (χ2v) is 4.43. The summed E-state index contributed by atoms with van der Waals surface area (Å²) >= 11 is 3.16. The van der Waals surface area contributed by atoms with Crippen molar-refractivity contribution in [3.63, 3.8) is 0 Å². The van der Waals surface area contributed by atoms with Gasteiger partial charge in [-0.25, -0.2) is 4.39 Å². The maximum Gasteiger partial charge on any atom is 0.144 e. The van der Waals surface area contributed by atoms with Crippen LogP contribution in [0.5, 0.6) is 0 Å². The molecule has 17 heavy (non-hydrogen) atoms. The second kappa shape index (κ2) is 8.39. The zero-order valence-electron chi connectivity index (χ0n) is 9.88. The molecule has 0 unspecified atom stereocenters. The molecule has 1 aromatic carbocycles. The Bertz CT molecular complexity index is 368. The predicted octanol–water partition coefficient (Wildman–Crippen LogP) is 3.23. The van der Waals surface area contributed by atoms with Crippen molar-refractivity contribution in [2.45, 2.75) is 6.42 Å². The van der Waals surface area contributed by atoms with Crippen LogP contribution in [0.4, 0.5) is 4.39 Å². The summed E-state index contributed by atoms with van der Waals surface area (Å²) in [5.74, 6) is -0.212. The van der Waals surface area contributed by atoms with Gasteiger partial charge < -0.3 is 10.1 Å². The molecule has 2 nitrogen and oxygen atoms in total. The zero-order chi connectivity index (χ0) is 12.5. The van der Waals surface area contributed by atoms with E-state index in [0.717, 1.165) is 19.5 Å². The van der Waals surface area contributed by atoms with E-state index < -0.39 is 0 Å². The van der Waals surface area contributed by atoms with Gasteiger partial charge in [0.15, 0.2) is 0 Å². The molecule has 0 saturated carbocycles. The highest BCUT2D eigenvalue weighted by molar-refractivity contribution is 9.10. The van der Waals surface area contributed by atoms with Gasteiger partial charge in [0.2, 0.25) is 0 Å². The van der Waals surface area contributed by atoms with Gasteiger partial charge in [-0.3, -0.25) is 0 Å². The minimum absolute atomic E-state index is 0.212. The highest BCUT2D eigenvalue weighted by Crippen LogP contribution is 2.19. The number of nitrogens with one attached hydrogen (secondary N) is 1. The molecule has 1 aromatic rings. The van der Waals surface area contributed by atoms with Crippen LogP contribution in [-0.4, -0.2) is 26.8 Å². The molecule has 1 N–H and O–H groups in total. The van der Waals surface area contributed by atoms with Crippen molar-refractivity contribution < 1.29 is 9.13 Å². The maximum atomic E-state index is 13.5. The van der Waals surface area contributed by atoms with Crippen molar-refractivity contribution >= 4 is 22.0 Å². The quantitative estimate of drug-likeness (QED) is 0.781. The minimum Gasteiger partial charge on any atom is -0.383 e. The monoisotopic (exact) mass is 301 g/mol. The van der Waals surface area contributed by atoms with Gasteiger partial charge in [0.05, 0.1) is 11.1 Å². The smallest absolute Gasteiger partial charge is 0.144 e. The van der Waals surface area contributed by atoms with E-state index in [1.807, 2.05) is 12.1 Å². The number of hydrogen-bond donors (Lipinski definition) is 1. The number of halogens is 2. The van der Waals surface area contributed by atoms with Crippen molar-refractivity contribution in [2.75, 3.05) is 26.8 Å². The number of ether oxygens (including phenoxy) is 1. The van der Waals surface area contributed by atoms with Crippen molar-refractivity contribution in [1.82, 2.24) is 5.32 Å². The molecule has 0 aliphatic carbocycles. The van der Waals surface area contributed by atoms with Gasteiger partial charge in [-0.2, -0.15) is 0 Å². The molecule has 0 fully saturated rings. The molecule has 0 atom stereocenters. The molecule has 0 spiro atoms. The van der Waals surface area contributed by atoms with Crippen LogP contribution in [-0.2, 0) is 4.74 Å². The lowest BCUT2D eigenvalue weighted by atomic mass is 10.2. The fraction of sp³-hybridized carbons (Fsp3) is 0.385. The van der Waals surface area contributed by atoms with Gasteiger partial charge >= 0.3 is 0 Å². The van der Waals surface area contributed by atoms with E-state index in [2.05, 4.69) is 21.2 Å². The third-order valence-corrected chi connectivity index (χ3v) is 2.86. The summed E-state index contributed by atoms with van der Waals surface area (Å²) < 4.78 is 19.0. The molecular formula is C13H17BrFNO. The van der Waals surface area contributed by atoms with E-state index in [4.69, 9.17) is 4.74 Å². The van der Waals surface area contributed by atoms with Crippen LogP contribution >= 0.6 is 15.9 Å². The average Bonchev–Trinajstić information content (AvgIpc) is 2.33. The highest BCUT2D eigenvalue weighted by atomic mass is 79.9. The Morgan fingerprint density at radius 3 is 3.00 bits per heavy atom. The maximum absolute atomic E-state index is 13.5. The van der Waals surface area contributed by atoms with Crippen molar-refractivity contribution in [1.29, 1.82) is 0 Å². The van der Waals surface area contributed by atoms with Crippen LogP contribution in [0.2, 0.25) is 0 Å². The van der Waals surface area contributed by atoms with E-state index >= 15 is 0 Å². The molecule has 0 bridgehead atoms. The van der Waals surface area contributed by atoms with Gasteiger partial charge in [0.25, 0.3) is 0 Å². The Kier molecular flexibility index (Phi) is 7.08. The summed E-state index contributed by atoms with van der Waals surface area (Å²) in [7, 11) is 1.68. The van der Waals surface area contributed by atoms with Crippen LogP contribution < -0.4 is 5.32 Å². The van der Waals surface area contributed by atoms with Crippen LogP contribution in [0.1, 0.15) is 12.0 Å². The molecule has 0 radical (unpaired) electrons. The number of methoxy groups -OCH3 is 1. The van der Waals surface area contributed by atoms with Gasteiger partial charge in [-0.05, 0) is 35.0 Å². The van der Waals surface area contributed by atoms with Crippen LogP contribution in [0.15, 0.2) is 28.7 Å². The Hall–Kier alpha value is -0.710. The van der Waals surface area contributed by atoms with Gasteiger partial charge in [0, 0.05) is 19.2 Å². The number of rotatable bonds is 7. The lowest BCUT2D eigenvalue weighted by Crippen LogP contribution is -2.19. The van der Waals surface area contributed by atoms with Crippen molar-refractivity contribution in [3.05, 3.63) is 40.1 Å². The van der Waals surface area contributed by atoms with Crippen LogP contribution in [0.25, 0.3) is 6.08 Å². The lowest BCUT2D eigenvalue weighted by molar-refractivity contribution is 0.199. The Morgan fingerprint density at radius 1 is 1.41 bits per heavy atom. The Morgan fingerprint density at radius 2 is 2.24 bits per heavy atom. The fourth-order valence-corrected chi connectivity index (χ4v) is 1.73. The van der Waals surface area contributed by atoms with E-state index in [0.29, 0.717) is 16.6 Å². The summed E-state index contributed by atoms with van der Waals surface area (Å²) in [6.45, 7) is 2.43.